The molecular formula is C15H18BrClN2OS. The Morgan fingerprint density at radius 1 is 1.48 bits per heavy atom. The number of anilines is 1. The van der Waals surface area contributed by atoms with Gasteiger partial charge in [0.15, 0.2) is 5.13 Å². The molecule has 1 aromatic heterocycles. The SMILES string of the molecule is CCCC(Br)C(=O)Nc1nc2c(C(C)C)cc(Cl)cc2s1. The van der Waals surface area contributed by atoms with Gasteiger partial charge in [-0.1, -0.05) is 66.1 Å². The van der Waals surface area contributed by atoms with Gasteiger partial charge in [-0.2, -0.15) is 0 Å². The molecule has 1 aromatic carbocycles. The number of amides is 1. The van der Waals surface area contributed by atoms with E-state index in [0.29, 0.717) is 16.1 Å². The first-order valence-electron chi connectivity index (χ1n) is 6.97. The fraction of sp³-hybridized carbons (Fsp3) is 0.467. The lowest BCUT2D eigenvalue weighted by Crippen LogP contribution is -2.22. The van der Waals surface area contributed by atoms with Crippen molar-refractivity contribution in [1.29, 1.82) is 0 Å². The van der Waals surface area contributed by atoms with Gasteiger partial charge in [-0.3, -0.25) is 4.79 Å². The van der Waals surface area contributed by atoms with Crippen molar-refractivity contribution in [3.63, 3.8) is 0 Å². The van der Waals surface area contributed by atoms with Crippen LogP contribution >= 0.6 is 38.9 Å². The third-order valence-electron chi connectivity index (χ3n) is 3.17. The fourth-order valence-electron chi connectivity index (χ4n) is 2.08. The summed E-state index contributed by atoms with van der Waals surface area (Å²) in [4.78, 5) is 16.4. The van der Waals surface area contributed by atoms with Crippen molar-refractivity contribution < 1.29 is 4.79 Å². The van der Waals surface area contributed by atoms with Crippen molar-refractivity contribution in [2.45, 2.75) is 44.4 Å². The molecule has 1 atom stereocenters. The minimum absolute atomic E-state index is 0.0481. The first-order chi connectivity index (χ1) is 9.92. The summed E-state index contributed by atoms with van der Waals surface area (Å²) in [5.74, 6) is 0.286. The Morgan fingerprint density at radius 2 is 2.19 bits per heavy atom. The zero-order valence-electron chi connectivity index (χ0n) is 12.2. The smallest absolute Gasteiger partial charge is 0.239 e. The van der Waals surface area contributed by atoms with E-state index in [4.69, 9.17) is 11.6 Å². The lowest BCUT2D eigenvalue weighted by molar-refractivity contribution is -0.115. The molecule has 0 aliphatic rings. The maximum atomic E-state index is 12.0. The molecule has 6 heteroatoms. The van der Waals surface area contributed by atoms with Crippen LogP contribution in [0.1, 0.15) is 45.1 Å². The molecule has 1 amide bonds. The number of halogens is 2. The third-order valence-corrected chi connectivity index (χ3v) is 5.18. The lowest BCUT2D eigenvalue weighted by Gasteiger charge is -2.07. The van der Waals surface area contributed by atoms with Gasteiger partial charge in [0.25, 0.3) is 0 Å². The van der Waals surface area contributed by atoms with Crippen LogP contribution in [0.4, 0.5) is 5.13 Å². The monoisotopic (exact) mass is 388 g/mol. The van der Waals surface area contributed by atoms with Crippen LogP contribution in [-0.2, 0) is 4.79 Å². The molecule has 1 N–H and O–H groups in total. The largest absolute Gasteiger partial charge is 0.301 e. The number of hydrogen-bond acceptors (Lipinski definition) is 3. The second-order valence-corrected chi connectivity index (χ2v) is 7.83. The highest BCUT2D eigenvalue weighted by atomic mass is 79.9. The van der Waals surface area contributed by atoms with Gasteiger partial charge in [-0.15, -0.1) is 0 Å². The van der Waals surface area contributed by atoms with Crippen LogP contribution in [0.15, 0.2) is 12.1 Å². The average molecular weight is 390 g/mol. The van der Waals surface area contributed by atoms with Crippen LogP contribution in [0.3, 0.4) is 0 Å². The Morgan fingerprint density at radius 3 is 2.81 bits per heavy atom. The molecule has 114 valence electrons. The van der Waals surface area contributed by atoms with E-state index in [1.54, 1.807) is 0 Å². The Labute approximate surface area is 142 Å². The number of nitrogens with zero attached hydrogens (tertiary/aromatic N) is 1. The summed E-state index contributed by atoms with van der Waals surface area (Å²) in [6, 6.07) is 3.85. The van der Waals surface area contributed by atoms with Crippen LogP contribution in [0, 0.1) is 0 Å². The Balaban J connectivity index is 2.31. The van der Waals surface area contributed by atoms with E-state index < -0.39 is 0 Å². The number of carbonyl (C=O) groups excluding carboxylic acids is 1. The molecule has 0 fully saturated rings. The maximum absolute atomic E-state index is 12.0. The van der Waals surface area contributed by atoms with Crippen LogP contribution in [0.25, 0.3) is 10.2 Å². The van der Waals surface area contributed by atoms with Gasteiger partial charge in [0, 0.05) is 5.02 Å². The molecule has 0 bridgehead atoms. The van der Waals surface area contributed by atoms with Crippen molar-refractivity contribution in [2.24, 2.45) is 0 Å². The number of nitrogens with one attached hydrogen (secondary N) is 1. The molecule has 3 nitrogen and oxygen atoms in total. The van der Waals surface area contributed by atoms with Crippen molar-refractivity contribution in [2.75, 3.05) is 5.32 Å². The molecule has 2 aromatic rings. The van der Waals surface area contributed by atoms with Gasteiger partial charge in [-0.05, 0) is 30.0 Å². The molecule has 0 radical (unpaired) electrons. The molecule has 0 saturated carbocycles. The van der Waals surface area contributed by atoms with E-state index in [1.807, 2.05) is 12.1 Å². The van der Waals surface area contributed by atoms with Gasteiger partial charge < -0.3 is 5.32 Å². The van der Waals surface area contributed by atoms with Crippen LogP contribution in [0.5, 0.6) is 0 Å². The Kier molecular flexibility index (Phi) is 5.63. The predicted molar refractivity (Wildman–Crippen MR) is 95.0 cm³/mol. The molecule has 1 heterocycles. The lowest BCUT2D eigenvalue weighted by atomic mass is 10.0. The molecule has 1 unspecified atom stereocenters. The van der Waals surface area contributed by atoms with Crippen LogP contribution in [0.2, 0.25) is 5.02 Å². The van der Waals surface area contributed by atoms with E-state index in [9.17, 15) is 4.79 Å². The number of hydrogen-bond donors (Lipinski definition) is 1. The Hall–Kier alpha value is -0.650. The van der Waals surface area contributed by atoms with E-state index in [2.05, 4.69) is 47.0 Å². The summed E-state index contributed by atoms with van der Waals surface area (Å²) < 4.78 is 1.00. The van der Waals surface area contributed by atoms with Crippen molar-refractivity contribution >= 4 is 60.1 Å². The van der Waals surface area contributed by atoms with Gasteiger partial charge >= 0.3 is 0 Å². The zero-order valence-corrected chi connectivity index (χ0v) is 15.4. The molecule has 0 aliphatic heterocycles. The summed E-state index contributed by atoms with van der Waals surface area (Å²) in [6.45, 7) is 6.27. The number of benzene rings is 1. The van der Waals surface area contributed by atoms with E-state index in [0.717, 1.165) is 28.6 Å². The maximum Gasteiger partial charge on any atom is 0.239 e. The van der Waals surface area contributed by atoms with Crippen LogP contribution < -0.4 is 5.32 Å². The molecule has 0 spiro atoms. The molecule has 21 heavy (non-hydrogen) atoms. The van der Waals surface area contributed by atoms with Crippen molar-refractivity contribution in [1.82, 2.24) is 4.98 Å². The van der Waals surface area contributed by atoms with Crippen LogP contribution in [-0.4, -0.2) is 15.7 Å². The third kappa shape index (κ3) is 3.96. The minimum atomic E-state index is -0.178. The highest BCUT2D eigenvalue weighted by Crippen LogP contribution is 2.34. The number of carbonyl (C=O) groups is 1. The van der Waals surface area contributed by atoms with Crippen molar-refractivity contribution in [3.8, 4) is 0 Å². The summed E-state index contributed by atoms with van der Waals surface area (Å²) in [6.07, 6.45) is 1.76. The minimum Gasteiger partial charge on any atom is -0.301 e. The summed E-state index contributed by atoms with van der Waals surface area (Å²) in [7, 11) is 0. The number of aromatic nitrogens is 1. The average Bonchev–Trinajstić information content (AvgIpc) is 2.79. The highest BCUT2D eigenvalue weighted by Gasteiger charge is 2.17. The van der Waals surface area contributed by atoms with E-state index >= 15 is 0 Å². The standard InChI is InChI=1S/C15H18BrClN2OS/c1-4-5-11(16)14(20)19-15-18-13-10(8(2)3)6-9(17)7-12(13)21-15/h6-8,11H,4-5H2,1-3H3,(H,18,19,20). The zero-order chi connectivity index (χ0) is 15.6. The summed E-state index contributed by atoms with van der Waals surface area (Å²) >= 11 is 11.0. The predicted octanol–water partition coefficient (Wildman–Crippen LogP) is 5.58. The van der Waals surface area contributed by atoms with Gasteiger partial charge in [0.1, 0.15) is 0 Å². The van der Waals surface area contributed by atoms with Gasteiger partial charge in [0.05, 0.1) is 15.0 Å². The summed E-state index contributed by atoms with van der Waals surface area (Å²) in [5.41, 5.74) is 2.04. The quantitative estimate of drug-likeness (QED) is 0.679. The molecular weight excluding hydrogens is 372 g/mol. The molecule has 0 aliphatic carbocycles. The number of alkyl halides is 1. The molecule has 2 rings (SSSR count). The van der Waals surface area contributed by atoms with E-state index in [1.165, 1.54) is 11.3 Å². The normalized spacial score (nSPS) is 12.9. The first-order valence-corrected chi connectivity index (χ1v) is 9.08. The second kappa shape index (κ2) is 7.07. The number of thiazole rings is 1. The second-order valence-electron chi connectivity index (χ2n) is 5.26. The summed E-state index contributed by atoms with van der Waals surface area (Å²) in [5, 5.41) is 4.21. The van der Waals surface area contributed by atoms with Gasteiger partial charge in [-0.25, -0.2) is 4.98 Å². The first kappa shape index (κ1) is 16.7. The molecule has 0 saturated heterocycles. The number of rotatable bonds is 5. The topological polar surface area (TPSA) is 42.0 Å². The van der Waals surface area contributed by atoms with E-state index in [-0.39, 0.29) is 10.7 Å². The van der Waals surface area contributed by atoms with Crippen molar-refractivity contribution in [3.05, 3.63) is 22.7 Å². The Bertz CT molecular complexity index is 656. The highest BCUT2D eigenvalue weighted by molar-refractivity contribution is 9.10. The fourth-order valence-corrected chi connectivity index (χ4v) is 3.89. The van der Waals surface area contributed by atoms with Gasteiger partial charge in [0.2, 0.25) is 5.91 Å². The number of fused-ring (bicyclic) bond motifs is 1.